The van der Waals surface area contributed by atoms with Crippen molar-refractivity contribution < 1.29 is 9.90 Å². The van der Waals surface area contributed by atoms with E-state index in [0.29, 0.717) is 0 Å². The molecule has 8 heavy (non-hydrogen) atoms. The fourth-order valence-corrected chi connectivity index (χ4v) is 0.405. The number of rotatable bonds is 2. The molecule has 0 fully saturated rings. The average Bonchev–Trinajstić information content (AvgIpc) is 1.64. The summed E-state index contributed by atoms with van der Waals surface area (Å²) in [5.74, 6) is -0.922. The van der Waals surface area contributed by atoms with Crippen molar-refractivity contribution in [3.63, 3.8) is 0 Å². The van der Waals surface area contributed by atoms with Crippen molar-refractivity contribution in [2.45, 2.75) is 13.0 Å². The van der Waals surface area contributed by atoms with Crippen molar-refractivity contribution in [2.75, 3.05) is 0 Å². The average molecular weight is 249 g/mol. The van der Waals surface area contributed by atoms with Crippen LogP contribution in [0.4, 0.5) is 0 Å². The number of carbonyl (C=O) groups is 1. The Balaban J connectivity index is 3.64. The maximum atomic E-state index is 10.0. The van der Waals surface area contributed by atoms with Crippen molar-refractivity contribution in [2.24, 2.45) is 0 Å². The molecule has 0 heterocycles. The summed E-state index contributed by atoms with van der Waals surface area (Å²) in [6.45, 7) is 1.50. The molecular formula is C3H5ClINO2. The third-order valence-corrected chi connectivity index (χ3v) is 1.78. The Kier molecular flexibility index (Phi) is 3.67. The van der Waals surface area contributed by atoms with E-state index in [2.05, 4.69) is 0 Å². The van der Waals surface area contributed by atoms with Crippen LogP contribution in [0.2, 0.25) is 0 Å². The van der Waals surface area contributed by atoms with E-state index in [1.54, 1.807) is 22.9 Å². The number of halogens is 2. The van der Waals surface area contributed by atoms with Gasteiger partial charge < -0.3 is 5.11 Å². The van der Waals surface area contributed by atoms with E-state index >= 15 is 0 Å². The topological polar surface area (TPSA) is 40.5 Å². The Hall–Kier alpha value is 0.450. The third kappa shape index (κ3) is 2.68. The minimum absolute atomic E-state index is 0.628. The number of hydrogen-bond donors (Lipinski definition) is 1. The van der Waals surface area contributed by atoms with Gasteiger partial charge in [0.05, 0.1) is 0 Å². The van der Waals surface area contributed by atoms with E-state index in [-0.39, 0.29) is 0 Å². The van der Waals surface area contributed by atoms with Gasteiger partial charge in [0.25, 0.3) is 0 Å². The van der Waals surface area contributed by atoms with Crippen LogP contribution < -0.4 is 0 Å². The molecule has 3 nitrogen and oxygen atoms in total. The quantitative estimate of drug-likeness (QED) is 0.592. The molecule has 48 valence electrons. The minimum Gasteiger partial charge on any atom is -0.480 e. The fourth-order valence-electron chi connectivity index (χ4n) is 0.0835. The van der Waals surface area contributed by atoms with Gasteiger partial charge in [-0.15, -0.1) is 2.63 Å². The zero-order valence-corrected chi connectivity index (χ0v) is 7.05. The molecule has 0 unspecified atom stereocenters. The van der Waals surface area contributed by atoms with Crippen LogP contribution in [0.25, 0.3) is 0 Å². The van der Waals surface area contributed by atoms with Gasteiger partial charge in [-0.2, -0.15) is 0 Å². The first-order chi connectivity index (χ1) is 3.55. The summed E-state index contributed by atoms with van der Waals surface area (Å²) >= 11 is 6.96. The smallest absolute Gasteiger partial charge is 0.322 e. The molecule has 0 amide bonds. The number of carboxylic acid groups (broad SMARTS) is 1. The molecule has 1 N–H and O–H groups in total. The maximum absolute atomic E-state index is 10.0. The second-order valence-corrected chi connectivity index (χ2v) is 3.25. The van der Waals surface area contributed by atoms with E-state index in [0.717, 1.165) is 2.63 Å². The monoisotopic (exact) mass is 249 g/mol. The number of hydrogen-bond acceptors (Lipinski definition) is 2. The first-order valence-electron chi connectivity index (χ1n) is 1.89. The summed E-state index contributed by atoms with van der Waals surface area (Å²) in [5.41, 5.74) is 0. The van der Waals surface area contributed by atoms with Crippen LogP contribution in [0.3, 0.4) is 0 Å². The highest BCUT2D eigenvalue weighted by Gasteiger charge is 2.15. The summed E-state index contributed by atoms with van der Waals surface area (Å²) < 4.78 is 1.08. The molecule has 0 aliphatic heterocycles. The largest absolute Gasteiger partial charge is 0.480 e. The minimum atomic E-state index is -0.922. The molecule has 0 aromatic rings. The molecule has 5 heteroatoms. The molecule has 1 atom stereocenters. The predicted molar refractivity (Wildman–Crippen MR) is 38.8 cm³/mol. The summed E-state index contributed by atoms with van der Waals surface area (Å²) in [7, 11) is 0. The van der Waals surface area contributed by atoms with E-state index in [1.165, 1.54) is 6.92 Å². The molecule has 0 aromatic carbocycles. The van der Waals surface area contributed by atoms with Crippen LogP contribution in [-0.4, -0.2) is 19.8 Å². The normalized spacial score (nSPS) is 14.0. The predicted octanol–water partition coefficient (Wildman–Crippen LogP) is 1.27. The lowest BCUT2D eigenvalue weighted by molar-refractivity contribution is -0.139. The lowest BCUT2D eigenvalue weighted by atomic mass is 10.4. The number of aliphatic carboxylic acids is 1. The Morgan fingerprint density at radius 1 is 2.00 bits per heavy atom. The van der Waals surface area contributed by atoms with Crippen LogP contribution in [0.1, 0.15) is 6.92 Å². The van der Waals surface area contributed by atoms with Gasteiger partial charge in [0.1, 0.15) is 6.04 Å². The van der Waals surface area contributed by atoms with E-state index in [4.69, 9.17) is 16.9 Å². The second kappa shape index (κ2) is 3.47. The lowest BCUT2D eigenvalue weighted by Gasteiger charge is -2.07. The number of nitrogens with zero attached hydrogens (tertiary/aromatic N) is 1. The van der Waals surface area contributed by atoms with Gasteiger partial charge in [0.2, 0.25) is 0 Å². The van der Waals surface area contributed by atoms with Crippen molar-refractivity contribution in [1.82, 2.24) is 2.63 Å². The zero-order valence-electron chi connectivity index (χ0n) is 4.14. The van der Waals surface area contributed by atoms with Gasteiger partial charge in [-0.1, -0.05) is 0 Å². The van der Waals surface area contributed by atoms with Gasteiger partial charge >= 0.3 is 5.97 Å². The lowest BCUT2D eigenvalue weighted by Crippen LogP contribution is -2.24. The molecule has 0 aromatic heterocycles. The Morgan fingerprint density at radius 2 is 2.38 bits per heavy atom. The van der Waals surface area contributed by atoms with E-state index in [9.17, 15) is 4.79 Å². The highest BCUT2D eigenvalue weighted by molar-refractivity contribution is 14.1. The third-order valence-electron chi connectivity index (χ3n) is 0.650. The van der Waals surface area contributed by atoms with Crippen LogP contribution in [0, 0.1) is 0 Å². The van der Waals surface area contributed by atoms with Crippen molar-refractivity contribution >= 4 is 40.6 Å². The molecule has 0 aliphatic carbocycles. The zero-order chi connectivity index (χ0) is 6.73. The maximum Gasteiger partial charge on any atom is 0.322 e. The second-order valence-electron chi connectivity index (χ2n) is 1.27. The van der Waals surface area contributed by atoms with E-state index in [1.807, 2.05) is 0 Å². The van der Waals surface area contributed by atoms with Crippen molar-refractivity contribution in [3.8, 4) is 0 Å². The summed E-state index contributed by atoms with van der Waals surface area (Å²) in [5, 5.41) is 8.22. The SMILES string of the molecule is C[C@@H](C(=O)O)N(Cl)I. The van der Waals surface area contributed by atoms with Crippen molar-refractivity contribution in [1.29, 1.82) is 0 Å². The number of carboxylic acids is 1. The van der Waals surface area contributed by atoms with Crippen LogP contribution >= 0.6 is 34.6 Å². The Morgan fingerprint density at radius 3 is 2.38 bits per heavy atom. The van der Waals surface area contributed by atoms with Crippen molar-refractivity contribution in [3.05, 3.63) is 0 Å². The molecule has 0 aliphatic rings. The molecule has 0 radical (unpaired) electrons. The molecule has 0 rings (SSSR count). The van der Waals surface area contributed by atoms with Gasteiger partial charge in [0.15, 0.2) is 0 Å². The molecular weight excluding hydrogens is 244 g/mol. The fraction of sp³-hybridized carbons (Fsp3) is 0.667. The highest BCUT2D eigenvalue weighted by Crippen LogP contribution is 2.08. The van der Waals surface area contributed by atoms with E-state index < -0.39 is 12.0 Å². The summed E-state index contributed by atoms with van der Waals surface area (Å²) in [6, 6.07) is -0.628. The molecule has 0 bridgehead atoms. The molecule has 0 saturated heterocycles. The van der Waals surface area contributed by atoms with Gasteiger partial charge in [-0.25, -0.2) is 0 Å². The van der Waals surface area contributed by atoms with Gasteiger partial charge in [-0.05, 0) is 18.7 Å². The van der Waals surface area contributed by atoms with Gasteiger partial charge in [-0.3, -0.25) is 4.79 Å². The molecule has 0 spiro atoms. The first-order valence-corrected chi connectivity index (χ1v) is 3.19. The van der Waals surface area contributed by atoms with Crippen LogP contribution in [0.5, 0.6) is 0 Å². The highest BCUT2D eigenvalue weighted by atomic mass is 127. The standard InChI is InChI=1S/C3H5ClINO2/c1-2(3(7)8)6(4)5/h2H,1H3,(H,7,8)/t2-/m0/s1. The Labute approximate surface area is 66.2 Å². The van der Waals surface area contributed by atoms with Gasteiger partial charge in [0, 0.05) is 22.9 Å². The van der Waals surface area contributed by atoms with Crippen LogP contribution in [-0.2, 0) is 4.79 Å². The summed E-state index contributed by atoms with van der Waals surface area (Å²) in [6.07, 6.45) is 0. The van der Waals surface area contributed by atoms with Crippen LogP contribution in [0.15, 0.2) is 0 Å². The Bertz CT molecular complexity index is 97.3. The first kappa shape index (κ1) is 8.45. The summed E-state index contributed by atoms with van der Waals surface area (Å²) in [4.78, 5) is 10.0. The molecule has 0 saturated carbocycles.